The summed E-state index contributed by atoms with van der Waals surface area (Å²) in [5, 5.41) is 0. The predicted octanol–water partition coefficient (Wildman–Crippen LogP) is 2.24. The van der Waals surface area contributed by atoms with Crippen LogP contribution in [0.5, 0.6) is 0 Å². The fraction of sp³-hybridized carbons (Fsp3) is 0.588. The quantitative estimate of drug-likeness (QED) is 0.911. The third-order valence-electron chi connectivity index (χ3n) is 4.64. The molecule has 1 saturated heterocycles. The normalized spacial score (nSPS) is 32.2. The molecule has 2 aliphatic rings. The number of nitrogens with two attached hydrogens (primary N) is 1. The summed E-state index contributed by atoms with van der Waals surface area (Å²) in [4.78, 5) is 14.6. The van der Waals surface area contributed by atoms with E-state index in [1.807, 2.05) is 11.8 Å². The van der Waals surface area contributed by atoms with Crippen LogP contribution in [0.4, 0.5) is 4.39 Å². The van der Waals surface area contributed by atoms with E-state index in [4.69, 9.17) is 10.5 Å². The second kappa shape index (κ2) is 6.34. The molecule has 120 valence electrons. The molecular formula is C17H23FN2O2. The molecule has 1 amide bonds. The standard InChI is InChI=1S/C17H23FN2O2/c1-11-9-20(17(21)13-4-7-15(19)8-13)10-16(22-11)12-2-5-14(18)6-3-12/h2-3,5-6,11,13,15-16H,4,7-10,19H2,1H3. The van der Waals surface area contributed by atoms with Crippen molar-refractivity contribution in [1.29, 1.82) is 0 Å². The zero-order valence-corrected chi connectivity index (χ0v) is 12.9. The third kappa shape index (κ3) is 3.31. The maximum absolute atomic E-state index is 13.1. The second-order valence-electron chi connectivity index (χ2n) is 6.50. The first-order valence-corrected chi connectivity index (χ1v) is 7.98. The Morgan fingerprint density at radius 1 is 1.27 bits per heavy atom. The fourth-order valence-corrected chi connectivity index (χ4v) is 3.49. The smallest absolute Gasteiger partial charge is 0.225 e. The summed E-state index contributed by atoms with van der Waals surface area (Å²) >= 11 is 0. The molecule has 2 fully saturated rings. The number of hydrogen-bond acceptors (Lipinski definition) is 3. The molecule has 0 radical (unpaired) electrons. The van der Waals surface area contributed by atoms with E-state index in [2.05, 4.69) is 0 Å². The van der Waals surface area contributed by atoms with Crippen LogP contribution < -0.4 is 5.73 Å². The zero-order chi connectivity index (χ0) is 15.7. The molecule has 1 aliphatic heterocycles. The van der Waals surface area contributed by atoms with Crippen LogP contribution in [-0.2, 0) is 9.53 Å². The molecule has 2 N–H and O–H groups in total. The van der Waals surface area contributed by atoms with Gasteiger partial charge in [0, 0.05) is 18.5 Å². The minimum atomic E-state index is -0.263. The van der Waals surface area contributed by atoms with Crippen molar-refractivity contribution in [2.24, 2.45) is 11.7 Å². The molecule has 0 aromatic heterocycles. The van der Waals surface area contributed by atoms with Crippen molar-refractivity contribution in [3.63, 3.8) is 0 Å². The average Bonchev–Trinajstić information content (AvgIpc) is 2.93. The maximum atomic E-state index is 13.1. The van der Waals surface area contributed by atoms with Crippen molar-refractivity contribution >= 4 is 5.91 Å². The van der Waals surface area contributed by atoms with Crippen molar-refractivity contribution in [1.82, 2.24) is 4.90 Å². The van der Waals surface area contributed by atoms with Crippen LogP contribution in [0.2, 0.25) is 0 Å². The molecule has 1 saturated carbocycles. The average molecular weight is 306 g/mol. The Morgan fingerprint density at radius 3 is 2.64 bits per heavy atom. The number of amides is 1. The highest BCUT2D eigenvalue weighted by Crippen LogP contribution is 2.30. The summed E-state index contributed by atoms with van der Waals surface area (Å²) in [6.07, 6.45) is 2.38. The monoisotopic (exact) mass is 306 g/mol. The number of rotatable bonds is 2. The molecule has 1 aromatic rings. The lowest BCUT2D eigenvalue weighted by Gasteiger charge is -2.38. The lowest BCUT2D eigenvalue weighted by Crippen LogP contribution is -2.47. The molecular weight excluding hydrogens is 283 g/mol. The number of nitrogens with zero attached hydrogens (tertiary/aromatic N) is 1. The predicted molar refractivity (Wildman–Crippen MR) is 81.6 cm³/mol. The van der Waals surface area contributed by atoms with Crippen LogP contribution in [0.15, 0.2) is 24.3 Å². The molecule has 5 heteroatoms. The summed E-state index contributed by atoms with van der Waals surface area (Å²) in [7, 11) is 0. The lowest BCUT2D eigenvalue weighted by molar-refractivity contribution is -0.148. The Morgan fingerprint density at radius 2 is 2.00 bits per heavy atom. The number of ether oxygens (including phenoxy) is 1. The van der Waals surface area contributed by atoms with Crippen molar-refractivity contribution < 1.29 is 13.9 Å². The van der Waals surface area contributed by atoms with Gasteiger partial charge in [0.05, 0.1) is 12.6 Å². The van der Waals surface area contributed by atoms with Crippen LogP contribution in [-0.4, -0.2) is 36.0 Å². The molecule has 1 aliphatic carbocycles. The Balaban J connectivity index is 1.70. The van der Waals surface area contributed by atoms with E-state index in [0.717, 1.165) is 24.8 Å². The Bertz CT molecular complexity index is 534. The highest BCUT2D eigenvalue weighted by atomic mass is 19.1. The van der Waals surface area contributed by atoms with Gasteiger partial charge in [-0.25, -0.2) is 4.39 Å². The summed E-state index contributed by atoms with van der Waals surface area (Å²) in [5.74, 6) is -0.0233. The van der Waals surface area contributed by atoms with Crippen molar-refractivity contribution in [2.75, 3.05) is 13.1 Å². The zero-order valence-electron chi connectivity index (χ0n) is 12.9. The third-order valence-corrected chi connectivity index (χ3v) is 4.64. The Kier molecular flexibility index (Phi) is 4.45. The summed E-state index contributed by atoms with van der Waals surface area (Å²) in [5.41, 5.74) is 6.83. The first-order chi connectivity index (χ1) is 10.5. The van der Waals surface area contributed by atoms with Gasteiger partial charge in [0.2, 0.25) is 5.91 Å². The second-order valence-corrected chi connectivity index (χ2v) is 6.50. The van der Waals surface area contributed by atoms with E-state index < -0.39 is 0 Å². The van der Waals surface area contributed by atoms with Gasteiger partial charge < -0.3 is 15.4 Å². The van der Waals surface area contributed by atoms with Crippen molar-refractivity contribution in [3.05, 3.63) is 35.6 Å². The number of benzene rings is 1. The fourth-order valence-electron chi connectivity index (χ4n) is 3.49. The van der Waals surface area contributed by atoms with Crippen LogP contribution in [0.3, 0.4) is 0 Å². The first-order valence-electron chi connectivity index (χ1n) is 7.98. The summed E-state index contributed by atoms with van der Waals surface area (Å²) in [6.45, 7) is 3.11. The minimum absolute atomic E-state index is 0.0252. The molecule has 4 atom stereocenters. The maximum Gasteiger partial charge on any atom is 0.225 e. The van der Waals surface area contributed by atoms with Gasteiger partial charge in [-0.1, -0.05) is 12.1 Å². The highest BCUT2D eigenvalue weighted by Gasteiger charge is 2.35. The molecule has 0 spiro atoms. The van der Waals surface area contributed by atoms with Crippen LogP contribution in [0.1, 0.15) is 37.9 Å². The number of halogens is 1. The van der Waals surface area contributed by atoms with Gasteiger partial charge in [0.25, 0.3) is 0 Å². The van der Waals surface area contributed by atoms with Gasteiger partial charge in [-0.15, -0.1) is 0 Å². The van der Waals surface area contributed by atoms with E-state index >= 15 is 0 Å². The van der Waals surface area contributed by atoms with Crippen molar-refractivity contribution in [2.45, 2.75) is 44.4 Å². The lowest BCUT2D eigenvalue weighted by atomic mass is 10.0. The molecule has 3 rings (SSSR count). The number of hydrogen-bond donors (Lipinski definition) is 1. The molecule has 1 aromatic carbocycles. The van der Waals surface area contributed by atoms with E-state index in [1.165, 1.54) is 12.1 Å². The largest absolute Gasteiger partial charge is 0.367 e. The first kappa shape index (κ1) is 15.4. The molecule has 22 heavy (non-hydrogen) atoms. The Labute approximate surface area is 130 Å². The number of carbonyl (C=O) groups is 1. The molecule has 1 heterocycles. The van der Waals surface area contributed by atoms with E-state index in [-0.39, 0.29) is 35.9 Å². The summed E-state index contributed by atoms with van der Waals surface area (Å²) < 4.78 is 19.0. The number of morpholine rings is 1. The van der Waals surface area contributed by atoms with Gasteiger partial charge in [-0.3, -0.25) is 4.79 Å². The van der Waals surface area contributed by atoms with Gasteiger partial charge in [0.15, 0.2) is 0 Å². The van der Waals surface area contributed by atoms with Crippen LogP contribution in [0, 0.1) is 11.7 Å². The number of carbonyl (C=O) groups excluding carboxylic acids is 1. The van der Waals surface area contributed by atoms with Gasteiger partial charge >= 0.3 is 0 Å². The molecule has 0 bridgehead atoms. The topological polar surface area (TPSA) is 55.6 Å². The molecule has 4 nitrogen and oxygen atoms in total. The van der Waals surface area contributed by atoms with E-state index in [0.29, 0.717) is 13.1 Å². The van der Waals surface area contributed by atoms with Crippen molar-refractivity contribution in [3.8, 4) is 0 Å². The SMILES string of the molecule is CC1CN(C(=O)C2CCC(N)C2)CC(c2ccc(F)cc2)O1. The highest BCUT2D eigenvalue weighted by molar-refractivity contribution is 5.79. The summed E-state index contributed by atoms with van der Waals surface area (Å²) in [6, 6.07) is 6.47. The van der Waals surface area contributed by atoms with Crippen LogP contribution >= 0.6 is 0 Å². The minimum Gasteiger partial charge on any atom is -0.367 e. The van der Waals surface area contributed by atoms with Gasteiger partial charge in [0.1, 0.15) is 11.9 Å². The van der Waals surface area contributed by atoms with Gasteiger partial charge in [-0.05, 0) is 43.9 Å². The van der Waals surface area contributed by atoms with Crippen LogP contribution in [0.25, 0.3) is 0 Å². The van der Waals surface area contributed by atoms with E-state index in [1.54, 1.807) is 12.1 Å². The van der Waals surface area contributed by atoms with E-state index in [9.17, 15) is 9.18 Å². The van der Waals surface area contributed by atoms with Gasteiger partial charge in [-0.2, -0.15) is 0 Å². The molecule has 4 unspecified atom stereocenters. The Hall–Kier alpha value is -1.46.